The number of rotatable bonds is 2. The molecule has 0 unspecified atom stereocenters. The van der Waals surface area contributed by atoms with Crippen molar-refractivity contribution in [1.82, 2.24) is 0 Å². The molecule has 0 heterocycles. The van der Waals surface area contributed by atoms with Crippen molar-refractivity contribution in [3.63, 3.8) is 0 Å². The van der Waals surface area contributed by atoms with E-state index in [1.165, 1.54) is 5.34 Å². The lowest BCUT2D eigenvalue weighted by molar-refractivity contribution is -0.0397. The summed E-state index contributed by atoms with van der Waals surface area (Å²) in [6.07, 6.45) is 0. The molecule has 0 radical (unpaired) electrons. The van der Waals surface area contributed by atoms with Gasteiger partial charge < -0.3 is 0 Å². The predicted molar refractivity (Wildman–Crippen MR) is 20.5 cm³/mol. The van der Waals surface area contributed by atoms with E-state index < -0.39 is 17.6 Å². The van der Waals surface area contributed by atoms with Crippen molar-refractivity contribution in [2.75, 3.05) is 0 Å². The minimum Gasteiger partial charge on any atom is -0.278 e. The van der Waals surface area contributed by atoms with Gasteiger partial charge in [0, 0.05) is 0 Å². The van der Waals surface area contributed by atoms with Crippen LogP contribution in [-0.2, 0) is 4.28 Å². The molecule has 3 nitrogen and oxygen atoms in total. The van der Waals surface area contributed by atoms with Crippen molar-refractivity contribution in [3.8, 4) is 0 Å². The number of alkyl halides is 3. The first-order chi connectivity index (χ1) is 3.56. The summed E-state index contributed by atoms with van der Waals surface area (Å²) in [5, 5.41) is 1.51. The van der Waals surface area contributed by atoms with Gasteiger partial charge in [-0.15, -0.1) is 4.91 Å². The Morgan fingerprint density at radius 1 is 1.50 bits per heavy atom. The minimum atomic E-state index is -4.55. The maximum Gasteiger partial charge on any atom is 0.482 e. The standard InChI is InChI=1S/CF3NO2S/c2-1(3,4)8-7-5-6. The van der Waals surface area contributed by atoms with Crippen LogP contribution < -0.4 is 0 Å². The smallest absolute Gasteiger partial charge is 0.278 e. The second-order valence-corrected chi connectivity index (χ2v) is 1.46. The zero-order valence-electron chi connectivity index (χ0n) is 3.31. The van der Waals surface area contributed by atoms with Crippen molar-refractivity contribution in [2.45, 2.75) is 5.51 Å². The Kier molecular flexibility index (Phi) is 2.59. The van der Waals surface area contributed by atoms with E-state index >= 15 is 0 Å². The Bertz CT molecular complexity index is 81.8. The summed E-state index contributed by atoms with van der Waals surface area (Å²) < 4.78 is 35.7. The van der Waals surface area contributed by atoms with Crippen LogP contribution in [0.25, 0.3) is 0 Å². The van der Waals surface area contributed by atoms with Crippen LogP contribution in [0.4, 0.5) is 13.2 Å². The Morgan fingerprint density at radius 3 is 2.12 bits per heavy atom. The van der Waals surface area contributed by atoms with Gasteiger partial charge in [-0.3, -0.25) is 4.28 Å². The van der Waals surface area contributed by atoms with Crippen LogP contribution in [-0.4, -0.2) is 5.51 Å². The Balaban J connectivity index is 3.24. The van der Waals surface area contributed by atoms with Crippen LogP contribution in [0.3, 0.4) is 0 Å². The lowest BCUT2D eigenvalue weighted by Crippen LogP contribution is -1.98. The molecule has 0 amide bonds. The molecule has 0 atom stereocenters. The molecule has 0 saturated heterocycles. The molecule has 0 rings (SSSR count). The van der Waals surface area contributed by atoms with E-state index in [2.05, 4.69) is 4.28 Å². The molecule has 0 aliphatic carbocycles. The molecule has 0 aromatic heterocycles. The molecular formula is CF3NO2S. The van der Waals surface area contributed by atoms with Gasteiger partial charge in [-0.25, -0.2) is 0 Å². The van der Waals surface area contributed by atoms with Crippen LogP contribution in [0.2, 0.25) is 0 Å². The number of nitrogens with zero attached hydrogens (tertiary/aromatic N) is 1. The Morgan fingerprint density at radius 2 is 2.00 bits per heavy atom. The molecule has 8 heavy (non-hydrogen) atoms. The molecular weight excluding hydrogens is 147 g/mol. The summed E-state index contributed by atoms with van der Waals surface area (Å²) in [5.74, 6) is 0. The van der Waals surface area contributed by atoms with Gasteiger partial charge in [-0.2, -0.15) is 13.2 Å². The quantitative estimate of drug-likeness (QED) is 0.340. The normalized spacial score (nSPS) is 10.9. The molecule has 48 valence electrons. The number of halogens is 3. The highest BCUT2D eigenvalue weighted by atomic mass is 32.2. The summed E-state index contributed by atoms with van der Waals surface area (Å²) in [6, 6.07) is 0. The van der Waals surface area contributed by atoms with Gasteiger partial charge in [-0.05, 0) is 0 Å². The molecule has 0 saturated carbocycles. The summed E-state index contributed by atoms with van der Waals surface area (Å²) in [4.78, 5) is 8.86. The van der Waals surface area contributed by atoms with E-state index in [4.69, 9.17) is 4.91 Å². The lowest BCUT2D eigenvalue weighted by Gasteiger charge is -1.96. The van der Waals surface area contributed by atoms with Gasteiger partial charge >= 0.3 is 5.51 Å². The molecule has 0 aromatic carbocycles. The molecule has 0 spiro atoms. The highest BCUT2D eigenvalue weighted by Gasteiger charge is 2.31. The third kappa shape index (κ3) is 5.54. The van der Waals surface area contributed by atoms with Gasteiger partial charge in [0.15, 0.2) is 5.34 Å². The van der Waals surface area contributed by atoms with E-state index in [-0.39, 0.29) is 0 Å². The van der Waals surface area contributed by atoms with E-state index in [9.17, 15) is 13.2 Å². The molecule has 0 bridgehead atoms. The molecule has 0 aromatic rings. The van der Waals surface area contributed by atoms with Crippen molar-refractivity contribution >= 4 is 12.0 Å². The summed E-state index contributed by atoms with van der Waals surface area (Å²) in [7, 11) is 0. The van der Waals surface area contributed by atoms with Crippen LogP contribution in [0.5, 0.6) is 0 Å². The van der Waals surface area contributed by atoms with Crippen molar-refractivity contribution in [1.29, 1.82) is 0 Å². The number of hydrogen-bond acceptors (Lipinski definition) is 4. The van der Waals surface area contributed by atoms with Crippen molar-refractivity contribution < 1.29 is 17.5 Å². The van der Waals surface area contributed by atoms with Crippen LogP contribution in [0, 0.1) is 4.91 Å². The van der Waals surface area contributed by atoms with Gasteiger partial charge in [0.1, 0.15) is 0 Å². The Labute approximate surface area is 46.3 Å². The first-order valence-electron chi connectivity index (χ1n) is 1.30. The zero-order valence-corrected chi connectivity index (χ0v) is 4.12. The molecule has 0 N–H and O–H groups in total. The van der Waals surface area contributed by atoms with Gasteiger partial charge in [0.05, 0.1) is 0 Å². The van der Waals surface area contributed by atoms with E-state index in [0.717, 1.165) is 0 Å². The van der Waals surface area contributed by atoms with Crippen LogP contribution >= 0.6 is 12.0 Å². The maximum atomic E-state index is 10.9. The summed E-state index contributed by atoms with van der Waals surface area (Å²) in [6.45, 7) is 0. The fraction of sp³-hybridized carbons (Fsp3) is 1.00. The topological polar surface area (TPSA) is 38.7 Å². The second kappa shape index (κ2) is 2.75. The van der Waals surface area contributed by atoms with E-state index in [1.807, 2.05) is 0 Å². The fourth-order valence-corrected chi connectivity index (χ4v) is 0.172. The molecule has 0 fully saturated rings. The maximum absolute atomic E-state index is 10.9. The van der Waals surface area contributed by atoms with Crippen LogP contribution in [0.15, 0.2) is 5.34 Å². The van der Waals surface area contributed by atoms with Gasteiger partial charge in [-0.1, -0.05) is 0 Å². The van der Waals surface area contributed by atoms with Crippen LogP contribution in [0.1, 0.15) is 0 Å². The lowest BCUT2D eigenvalue weighted by atomic mass is 11.6. The fourth-order valence-electron chi connectivity index (χ4n) is 0.0575. The van der Waals surface area contributed by atoms with Gasteiger partial charge in [0.2, 0.25) is 12.0 Å². The summed E-state index contributed by atoms with van der Waals surface area (Å²) >= 11 is -0.946. The Hall–Kier alpha value is -0.460. The molecule has 0 aliphatic heterocycles. The average molecular weight is 147 g/mol. The third-order valence-corrected chi connectivity index (χ3v) is 0.487. The van der Waals surface area contributed by atoms with E-state index in [0.29, 0.717) is 0 Å². The van der Waals surface area contributed by atoms with Crippen molar-refractivity contribution in [3.05, 3.63) is 4.91 Å². The van der Waals surface area contributed by atoms with Crippen molar-refractivity contribution in [2.24, 2.45) is 5.34 Å². The van der Waals surface area contributed by atoms with E-state index in [1.54, 1.807) is 0 Å². The zero-order chi connectivity index (χ0) is 6.62. The highest BCUT2D eigenvalue weighted by Crippen LogP contribution is 2.30. The summed E-state index contributed by atoms with van der Waals surface area (Å²) in [5.41, 5.74) is -4.55. The minimum absolute atomic E-state index is 0.946. The predicted octanol–water partition coefficient (Wildman–Crippen LogP) is 1.85. The SMILES string of the molecule is O=NOSC(F)(F)F. The second-order valence-electron chi connectivity index (χ2n) is 0.678. The first-order valence-corrected chi connectivity index (χ1v) is 2.04. The third-order valence-electron chi connectivity index (χ3n) is 0.162. The highest BCUT2D eigenvalue weighted by molar-refractivity contribution is 7.95. The largest absolute Gasteiger partial charge is 0.482 e. The number of hydrogen-bond donors (Lipinski definition) is 0. The molecule has 0 aliphatic rings. The monoisotopic (exact) mass is 147 g/mol. The van der Waals surface area contributed by atoms with Gasteiger partial charge in [0.25, 0.3) is 0 Å². The average Bonchev–Trinajstić information content (AvgIpc) is 1.59. The molecule has 7 heteroatoms. The first kappa shape index (κ1) is 7.54.